The topological polar surface area (TPSA) is 114 Å². The van der Waals surface area contributed by atoms with Gasteiger partial charge in [0.15, 0.2) is 5.82 Å². The highest BCUT2D eigenvalue weighted by atomic mass is 16.6. The molecule has 3 rings (SSSR count). The molecule has 1 N–H and O–H groups in total. The molecule has 0 spiro atoms. The fourth-order valence-corrected chi connectivity index (χ4v) is 2.71. The summed E-state index contributed by atoms with van der Waals surface area (Å²) in [6.07, 6.45) is 1.74. The largest absolute Gasteiger partial charge is 0.339 e. The molecule has 0 bridgehead atoms. The standard InChI is InChI=1S/C15H17N5O4/c1-10-16-14(24-18-10)11-3-2-8-19(9-11)15(21)17-12-4-6-13(7-5-12)20(22)23/h4-7,11H,2-3,8-9H2,1H3,(H,17,21). The summed E-state index contributed by atoms with van der Waals surface area (Å²) in [7, 11) is 0. The number of hydrogen-bond donors (Lipinski definition) is 1. The Morgan fingerprint density at radius 3 is 2.79 bits per heavy atom. The zero-order valence-corrected chi connectivity index (χ0v) is 13.1. The number of aryl methyl sites for hydroxylation is 1. The van der Waals surface area contributed by atoms with Crippen molar-refractivity contribution >= 4 is 17.4 Å². The van der Waals surface area contributed by atoms with Crippen molar-refractivity contribution in [1.82, 2.24) is 15.0 Å². The number of anilines is 1. The quantitative estimate of drug-likeness (QED) is 0.683. The van der Waals surface area contributed by atoms with Crippen LogP contribution in [-0.4, -0.2) is 39.1 Å². The van der Waals surface area contributed by atoms with Gasteiger partial charge < -0.3 is 14.7 Å². The SMILES string of the molecule is Cc1noc(C2CCCN(C(=O)Nc3ccc([N+](=O)[O-])cc3)C2)n1. The Morgan fingerprint density at radius 1 is 1.42 bits per heavy atom. The van der Waals surface area contributed by atoms with Crippen molar-refractivity contribution in [2.75, 3.05) is 18.4 Å². The number of carbonyl (C=O) groups is 1. The van der Waals surface area contributed by atoms with Gasteiger partial charge in [-0.15, -0.1) is 0 Å². The van der Waals surface area contributed by atoms with Crippen molar-refractivity contribution < 1.29 is 14.2 Å². The Balaban J connectivity index is 1.63. The van der Waals surface area contributed by atoms with Crippen LogP contribution in [0.25, 0.3) is 0 Å². The van der Waals surface area contributed by atoms with Gasteiger partial charge in [0.05, 0.1) is 10.8 Å². The number of nitro groups is 1. The van der Waals surface area contributed by atoms with Crippen molar-refractivity contribution in [2.24, 2.45) is 0 Å². The first-order valence-electron chi connectivity index (χ1n) is 7.63. The number of nitrogens with one attached hydrogen (secondary N) is 1. The molecule has 2 amide bonds. The minimum absolute atomic E-state index is 0.0159. The van der Waals surface area contributed by atoms with E-state index in [1.165, 1.54) is 24.3 Å². The molecule has 1 fully saturated rings. The molecule has 1 aromatic heterocycles. The lowest BCUT2D eigenvalue weighted by molar-refractivity contribution is -0.384. The predicted octanol–water partition coefficient (Wildman–Crippen LogP) is 2.70. The Kier molecular flexibility index (Phi) is 4.41. The highest BCUT2D eigenvalue weighted by Gasteiger charge is 2.28. The van der Waals surface area contributed by atoms with E-state index in [0.29, 0.717) is 30.5 Å². The number of hydrogen-bond acceptors (Lipinski definition) is 6. The second kappa shape index (κ2) is 6.65. The first-order chi connectivity index (χ1) is 11.5. The smallest absolute Gasteiger partial charge is 0.321 e. The van der Waals surface area contributed by atoms with E-state index in [-0.39, 0.29) is 17.6 Å². The molecule has 2 aromatic rings. The van der Waals surface area contributed by atoms with Crippen LogP contribution in [0.15, 0.2) is 28.8 Å². The van der Waals surface area contributed by atoms with Gasteiger partial charge in [0.2, 0.25) is 5.89 Å². The highest BCUT2D eigenvalue weighted by molar-refractivity contribution is 5.89. The molecule has 24 heavy (non-hydrogen) atoms. The van der Waals surface area contributed by atoms with E-state index in [1.807, 2.05) is 0 Å². The number of nitrogens with zero attached hydrogens (tertiary/aromatic N) is 4. The fourth-order valence-electron chi connectivity index (χ4n) is 2.71. The van der Waals surface area contributed by atoms with Crippen LogP contribution in [0.1, 0.15) is 30.5 Å². The Bertz CT molecular complexity index is 743. The molecule has 1 aliphatic heterocycles. The summed E-state index contributed by atoms with van der Waals surface area (Å²) in [5.41, 5.74) is 0.499. The third kappa shape index (κ3) is 3.50. The summed E-state index contributed by atoms with van der Waals surface area (Å²) >= 11 is 0. The third-order valence-electron chi connectivity index (χ3n) is 3.93. The summed E-state index contributed by atoms with van der Waals surface area (Å²) in [6, 6.07) is 5.49. The van der Waals surface area contributed by atoms with Crippen LogP contribution >= 0.6 is 0 Å². The molecule has 1 atom stereocenters. The van der Waals surface area contributed by atoms with Crippen molar-refractivity contribution in [3.63, 3.8) is 0 Å². The third-order valence-corrected chi connectivity index (χ3v) is 3.93. The van der Waals surface area contributed by atoms with Gasteiger partial charge in [-0.25, -0.2) is 4.79 Å². The number of urea groups is 1. The van der Waals surface area contributed by atoms with Crippen LogP contribution in [0.3, 0.4) is 0 Å². The first kappa shape index (κ1) is 15.9. The van der Waals surface area contributed by atoms with E-state index >= 15 is 0 Å². The lowest BCUT2D eigenvalue weighted by Gasteiger charge is -2.31. The summed E-state index contributed by atoms with van der Waals surface area (Å²) in [5, 5.41) is 17.2. The number of aromatic nitrogens is 2. The molecule has 2 heterocycles. The molecule has 126 valence electrons. The van der Waals surface area contributed by atoms with Gasteiger partial charge in [0.25, 0.3) is 5.69 Å². The molecule has 0 radical (unpaired) electrons. The summed E-state index contributed by atoms with van der Waals surface area (Å²) in [5.74, 6) is 1.17. The van der Waals surface area contributed by atoms with Crippen LogP contribution in [0.2, 0.25) is 0 Å². The monoisotopic (exact) mass is 331 g/mol. The van der Waals surface area contributed by atoms with E-state index in [2.05, 4.69) is 15.5 Å². The summed E-state index contributed by atoms with van der Waals surface area (Å²) < 4.78 is 5.20. The van der Waals surface area contributed by atoms with Crippen LogP contribution in [-0.2, 0) is 0 Å². The lowest BCUT2D eigenvalue weighted by atomic mass is 9.98. The van der Waals surface area contributed by atoms with Crippen LogP contribution in [0.5, 0.6) is 0 Å². The van der Waals surface area contributed by atoms with Crippen LogP contribution in [0.4, 0.5) is 16.2 Å². The summed E-state index contributed by atoms with van der Waals surface area (Å²) in [6.45, 7) is 2.90. The molecule has 0 aliphatic carbocycles. The van der Waals surface area contributed by atoms with Crippen molar-refractivity contribution in [1.29, 1.82) is 0 Å². The molecular formula is C15H17N5O4. The van der Waals surface area contributed by atoms with Gasteiger partial charge in [0, 0.05) is 30.9 Å². The zero-order valence-electron chi connectivity index (χ0n) is 13.1. The van der Waals surface area contributed by atoms with E-state index in [9.17, 15) is 14.9 Å². The van der Waals surface area contributed by atoms with Crippen LogP contribution < -0.4 is 5.32 Å². The molecule has 1 aliphatic rings. The van der Waals surface area contributed by atoms with Crippen molar-refractivity contribution in [2.45, 2.75) is 25.7 Å². The lowest BCUT2D eigenvalue weighted by Crippen LogP contribution is -2.41. The molecule has 1 aromatic carbocycles. The van der Waals surface area contributed by atoms with Crippen LogP contribution in [0, 0.1) is 17.0 Å². The number of carbonyl (C=O) groups excluding carboxylic acids is 1. The Morgan fingerprint density at radius 2 is 2.17 bits per heavy atom. The van der Waals surface area contributed by atoms with Crippen molar-refractivity contribution in [3.8, 4) is 0 Å². The predicted molar refractivity (Wildman–Crippen MR) is 84.7 cm³/mol. The maximum Gasteiger partial charge on any atom is 0.321 e. The number of non-ortho nitro benzene ring substituents is 1. The number of rotatable bonds is 3. The van der Waals surface area contributed by atoms with E-state index in [4.69, 9.17) is 4.52 Å². The maximum absolute atomic E-state index is 12.4. The maximum atomic E-state index is 12.4. The molecule has 0 saturated carbocycles. The Labute approximate surface area is 137 Å². The van der Waals surface area contributed by atoms with Gasteiger partial charge in [-0.2, -0.15) is 4.98 Å². The van der Waals surface area contributed by atoms with Gasteiger partial charge in [-0.1, -0.05) is 5.16 Å². The number of likely N-dealkylation sites (tertiary alicyclic amines) is 1. The van der Waals surface area contributed by atoms with E-state index < -0.39 is 4.92 Å². The molecular weight excluding hydrogens is 314 g/mol. The minimum Gasteiger partial charge on any atom is -0.339 e. The van der Waals surface area contributed by atoms with Gasteiger partial charge in [-0.05, 0) is 31.9 Å². The van der Waals surface area contributed by atoms with E-state index in [0.717, 1.165) is 12.8 Å². The number of benzene rings is 1. The van der Waals surface area contributed by atoms with Gasteiger partial charge in [-0.3, -0.25) is 10.1 Å². The number of amides is 2. The number of piperidine rings is 1. The normalized spacial score (nSPS) is 17.5. The Hall–Kier alpha value is -2.97. The number of nitro benzene ring substituents is 1. The molecule has 9 nitrogen and oxygen atoms in total. The first-order valence-corrected chi connectivity index (χ1v) is 7.63. The molecule has 1 unspecified atom stereocenters. The average Bonchev–Trinajstić information content (AvgIpc) is 3.02. The highest BCUT2D eigenvalue weighted by Crippen LogP contribution is 2.26. The summed E-state index contributed by atoms with van der Waals surface area (Å²) in [4.78, 5) is 28.5. The van der Waals surface area contributed by atoms with Gasteiger partial charge in [0.1, 0.15) is 0 Å². The molecule has 9 heteroatoms. The van der Waals surface area contributed by atoms with Gasteiger partial charge >= 0.3 is 6.03 Å². The second-order valence-corrected chi connectivity index (χ2v) is 5.70. The van der Waals surface area contributed by atoms with Crippen molar-refractivity contribution in [3.05, 3.63) is 46.1 Å². The van der Waals surface area contributed by atoms with E-state index in [1.54, 1.807) is 11.8 Å². The fraction of sp³-hybridized carbons (Fsp3) is 0.400. The minimum atomic E-state index is -0.479. The average molecular weight is 331 g/mol. The molecule has 1 saturated heterocycles. The zero-order chi connectivity index (χ0) is 17.1. The second-order valence-electron chi connectivity index (χ2n) is 5.70.